The van der Waals surface area contributed by atoms with Crippen molar-refractivity contribution in [2.45, 2.75) is 19.4 Å². The van der Waals surface area contributed by atoms with Gasteiger partial charge in [-0.05, 0) is 28.9 Å². The van der Waals surface area contributed by atoms with Crippen LogP contribution in [0.4, 0.5) is 5.69 Å². The number of rotatable bonds is 3. The number of pyridine rings is 1. The second-order valence-corrected chi connectivity index (χ2v) is 4.21. The van der Waals surface area contributed by atoms with E-state index in [1.165, 1.54) is 12.3 Å². The third-order valence-corrected chi connectivity index (χ3v) is 2.11. The Balaban J connectivity index is 2.76. The molecule has 0 bridgehead atoms. The summed E-state index contributed by atoms with van der Waals surface area (Å²) < 4.78 is 0.693. The van der Waals surface area contributed by atoms with Crippen LogP contribution >= 0.6 is 15.9 Å². The Labute approximate surface area is 95.2 Å². The van der Waals surface area contributed by atoms with Crippen molar-refractivity contribution in [1.82, 2.24) is 4.98 Å². The van der Waals surface area contributed by atoms with Gasteiger partial charge in [0.2, 0.25) is 5.91 Å². The number of halogens is 1. The predicted octanol–water partition coefficient (Wildman–Crippen LogP) is 0.813. The number of H-pyrrole nitrogens is 1. The van der Waals surface area contributed by atoms with Crippen molar-refractivity contribution in [1.29, 1.82) is 0 Å². The van der Waals surface area contributed by atoms with Gasteiger partial charge in [0.15, 0.2) is 0 Å². The van der Waals surface area contributed by atoms with Gasteiger partial charge in [-0.15, -0.1) is 0 Å². The largest absolute Gasteiger partial charge is 0.327 e. The highest BCUT2D eigenvalue weighted by Crippen LogP contribution is 2.10. The number of carbonyl (C=O) groups excluding carboxylic acids is 1. The van der Waals surface area contributed by atoms with E-state index in [9.17, 15) is 9.59 Å². The Kier molecular flexibility index (Phi) is 4.05. The molecule has 1 unspecified atom stereocenters. The first kappa shape index (κ1) is 11.9. The van der Waals surface area contributed by atoms with Crippen LogP contribution in [0.1, 0.15) is 13.3 Å². The normalized spacial score (nSPS) is 12.2. The molecular weight excluding hydrogens is 262 g/mol. The number of aromatic amines is 1. The maximum Gasteiger partial charge on any atom is 0.271 e. The molecule has 0 fully saturated rings. The lowest BCUT2D eigenvalue weighted by atomic mass is 10.2. The van der Waals surface area contributed by atoms with E-state index in [4.69, 9.17) is 5.73 Å². The summed E-state index contributed by atoms with van der Waals surface area (Å²) in [5, 5.41) is 2.49. The van der Waals surface area contributed by atoms with Crippen LogP contribution in [0, 0.1) is 0 Å². The van der Waals surface area contributed by atoms with Crippen LogP contribution in [0.25, 0.3) is 0 Å². The van der Waals surface area contributed by atoms with Gasteiger partial charge >= 0.3 is 0 Å². The van der Waals surface area contributed by atoms with Gasteiger partial charge in [-0.3, -0.25) is 9.59 Å². The molecule has 5 nitrogen and oxygen atoms in total. The summed E-state index contributed by atoms with van der Waals surface area (Å²) in [6.45, 7) is 1.73. The van der Waals surface area contributed by atoms with Gasteiger partial charge in [0.1, 0.15) is 5.69 Å². The predicted molar refractivity (Wildman–Crippen MR) is 61.7 cm³/mol. The molecule has 0 aromatic carbocycles. The summed E-state index contributed by atoms with van der Waals surface area (Å²) in [7, 11) is 0. The molecule has 4 N–H and O–H groups in total. The second kappa shape index (κ2) is 5.09. The van der Waals surface area contributed by atoms with E-state index in [1.54, 1.807) is 6.92 Å². The number of nitrogens with one attached hydrogen (secondary N) is 2. The Bertz CT molecular complexity index is 414. The van der Waals surface area contributed by atoms with Gasteiger partial charge in [0, 0.05) is 23.1 Å². The highest BCUT2D eigenvalue weighted by Gasteiger charge is 2.08. The number of carbonyl (C=O) groups is 1. The Morgan fingerprint density at radius 1 is 1.73 bits per heavy atom. The molecular formula is C9H12BrN3O2. The van der Waals surface area contributed by atoms with E-state index in [-0.39, 0.29) is 29.6 Å². The Morgan fingerprint density at radius 3 is 3.00 bits per heavy atom. The fraction of sp³-hybridized carbons (Fsp3) is 0.333. The summed E-state index contributed by atoms with van der Waals surface area (Å²) in [6.07, 6.45) is 1.69. The molecule has 1 atom stereocenters. The summed E-state index contributed by atoms with van der Waals surface area (Å²) in [5.74, 6) is -0.270. The van der Waals surface area contributed by atoms with Crippen LogP contribution < -0.4 is 16.6 Å². The summed E-state index contributed by atoms with van der Waals surface area (Å²) in [6, 6.07) is 1.31. The van der Waals surface area contributed by atoms with E-state index in [1.807, 2.05) is 0 Å². The molecule has 82 valence electrons. The zero-order chi connectivity index (χ0) is 11.4. The minimum absolute atomic E-state index is 0.186. The van der Waals surface area contributed by atoms with E-state index in [0.717, 1.165) is 0 Å². The van der Waals surface area contributed by atoms with E-state index in [0.29, 0.717) is 4.47 Å². The highest BCUT2D eigenvalue weighted by atomic mass is 79.9. The molecule has 0 aliphatic carbocycles. The smallest absolute Gasteiger partial charge is 0.271 e. The molecule has 1 aromatic rings. The van der Waals surface area contributed by atoms with E-state index < -0.39 is 0 Å². The molecule has 1 amide bonds. The van der Waals surface area contributed by atoms with Crippen molar-refractivity contribution in [3.8, 4) is 0 Å². The Morgan fingerprint density at radius 2 is 2.40 bits per heavy atom. The average Bonchev–Trinajstić information content (AvgIpc) is 2.10. The van der Waals surface area contributed by atoms with Crippen molar-refractivity contribution in [3.05, 3.63) is 27.1 Å². The number of anilines is 1. The van der Waals surface area contributed by atoms with Crippen molar-refractivity contribution in [2.75, 3.05) is 5.32 Å². The number of nitrogens with two attached hydrogens (primary N) is 1. The van der Waals surface area contributed by atoms with Crippen LogP contribution in [0.5, 0.6) is 0 Å². The maximum absolute atomic E-state index is 11.3. The summed E-state index contributed by atoms with van der Waals surface area (Å²) in [5.41, 5.74) is 5.34. The lowest BCUT2D eigenvalue weighted by Crippen LogP contribution is -2.26. The van der Waals surface area contributed by atoms with Crippen molar-refractivity contribution < 1.29 is 4.79 Å². The average molecular weight is 274 g/mol. The molecule has 15 heavy (non-hydrogen) atoms. The van der Waals surface area contributed by atoms with Crippen LogP contribution in [0.2, 0.25) is 0 Å². The van der Waals surface area contributed by atoms with Crippen LogP contribution in [0.15, 0.2) is 21.5 Å². The topological polar surface area (TPSA) is 88.0 Å². The fourth-order valence-corrected chi connectivity index (χ4v) is 1.39. The van der Waals surface area contributed by atoms with Crippen LogP contribution in [-0.2, 0) is 4.79 Å². The van der Waals surface area contributed by atoms with Crippen molar-refractivity contribution in [2.24, 2.45) is 5.73 Å². The second-order valence-electron chi connectivity index (χ2n) is 3.29. The first-order chi connectivity index (χ1) is 6.99. The molecule has 0 aliphatic rings. The monoisotopic (exact) mass is 273 g/mol. The van der Waals surface area contributed by atoms with Crippen molar-refractivity contribution >= 4 is 27.5 Å². The third kappa shape index (κ3) is 3.85. The number of amides is 1. The number of aromatic nitrogens is 1. The zero-order valence-electron chi connectivity index (χ0n) is 8.21. The maximum atomic E-state index is 11.3. The first-order valence-corrected chi connectivity index (χ1v) is 5.22. The molecule has 6 heteroatoms. The van der Waals surface area contributed by atoms with Gasteiger partial charge < -0.3 is 16.0 Å². The third-order valence-electron chi connectivity index (χ3n) is 1.65. The fourth-order valence-electron chi connectivity index (χ4n) is 1.04. The molecule has 0 radical (unpaired) electrons. The summed E-state index contributed by atoms with van der Waals surface area (Å²) in [4.78, 5) is 25.1. The van der Waals surface area contributed by atoms with Gasteiger partial charge in [0.25, 0.3) is 5.56 Å². The lowest BCUT2D eigenvalue weighted by molar-refractivity contribution is -0.116. The molecule has 0 saturated carbocycles. The van der Waals surface area contributed by atoms with E-state index in [2.05, 4.69) is 26.2 Å². The van der Waals surface area contributed by atoms with E-state index >= 15 is 0 Å². The molecule has 0 saturated heterocycles. The molecule has 1 heterocycles. The lowest BCUT2D eigenvalue weighted by Gasteiger charge is -2.06. The molecule has 0 spiro atoms. The Hall–Kier alpha value is -1.14. The minimum atomic E-state index is -0.337. The SMILES string of the molecule is CC(N)CC(=O)Nc1cc(Br)c[nH]c1=O. The van der Waals surface area contributed by atoms with Crippen LogP contribution in [-0.4, -0.2) is 16.9 Å². The number of hydrogen-bond donors (Lipinski definition) is 3. The molecule has 0 aliphatic heterocycles. The standard InChI is InChI=1S/C9H12BrN3O2/c1-5(11)2-8(14)13-7-3-6(10)4-12-9(7)15/h3-5H,2,11H2,1H3,(H,12,15)(H,13,14). The van der Waals surface area contributed by atoms with Gasteiger partial charge in [0.05, 0.1) is 0 Å². The zero-order valence-corrected chi connectivity index (χ0v) is 9.80. The van der Waals surface area contributed by atoms with Gasteiger partial charge in [-0.1, -0.05) is 0 Å². The van der Waals surface area contributed by atoms with Gasteiger partial charge in [-0.2, -0.15) is 0 Å². The van der Waals surface area contributed by atoms with Crippen LogP contribution in [0.3, 0.4) is 0 Å². The highest BCUT2D eigenvalue weighted by molar-refractivity contribution is 9.10. The molecule has 1 aromatic heterocycles. The minimum Gasteiger partial charge on any atom is -0.327 e. The summed E-state index contributed by atoms with van der Waals surface area (Å²) >= 11 is 3.19. The van der Waals surface area contributed by atoms with Gasteiger partial charge in [-0.25, -0.2) is 0 Å². The number of hydrogen-bond acceptors (Lipinski definition) is 3. The van der Waals surface area contributed by atoms with Crippen molar-refractivity contribution in [3.63, 3.8) is 0 Å². The quantitative estimate of drug-likeness (QED) is 0.762. The first-order valence-electron chi connectivity index (χ1n) is 4.42. The molecule has 1 rings (SSSR count).